The first kappa shape index (κ1) is 23.1. The lowest BCUT2D eigenvalue weighted by Crippen LogP contribution is -2.31. The number of anilines is 1. The molecule has 32 heavy (non-hydrogen) atoms. The van der Waals surface area contributed by atoms with Gasteiger partial charge in [0.2, 0.25) is 10.0 Å². The molecule has 1 aromatic heterocycles. The summed E-state index contributed by atoms with van der Waals surface area (Å²) in [6.07, 6.45) is 3.99. The average molecular weight is 535 g/mol. The second kappa shape index (κ2) is 10.2. The summed E-state index contributed by atoms with van der Waals surface area (Å²) in [5.41, 5.74) is 2.22. The van der Waals surface area contributed by atoms with E-state index in [1.165, 1.54) is 11.3 Å². The van der Waals surface area contributed by atoms with Gasteiger partial charge in [-0.1, -0.05) is 53.0 Å². The number of aromatic nitrogens is 1. The van der Waals surface area contributed by atoms with Crippen molar-refractivity contribution in [3.63, 3.8) is 0 Å². The monoisotopic (exact) mass is 533 g/mol. The predicted octanol–water partition coefficient (Wildman–Crippen LogP) is 5.43. The molecule has 0 amide bonds. The van der Waals surface area contributed by atoms with Crippen LogP contribution in [0.2, 0.25) is 0 Å². The number of halogens is 1. The van der Waals surface area contributed by atoms with Crippen LogP contribution in [0.5, 0.6) is 0 Å². The number of carbonyl (C=O) groups excluding carboxylic acids is 1. The lowest BCUT2D eigenvalue weighted by molar-refractivity contribution is 0.101. The van der Waals surface area contributed by atoms with Gasteiger partial charge < -0.3 is 5.32 Å². The van der Waals surface area contributed by atoms with Crippen LogP contribution in [0, 0.1) is 0 Å². The maximum Gasteiger partial charge on any atom is 0.243 e. The van der Waals surface area contributed by atoms with Crippen molar-refractivity contribution in [2.75, 3.05) is 25.0 Å². The minimum atomic E-state index is -3.46. The Morgan fingerprint density at radius 1 is 1.00 bits per heavy atom. The molecule has 1 N–H and O–H groups in total. The van der Waals surface area contributed by atoms with Crippen LogP contribution in [0.4, 0.5) is 5.13 Å². The first-order chi connectivity index (χ1) is 15.4. The predicted molar refractivity (Wildman–Crippen MR) is 132 cm³/mol. The second-order valence-corrected chi connectivity index (χ2v) is 11.4. The SMILES string of the molecule is O=C(CNc1nc(-c2ccc(S(=O)(=O)N3CCCCCC3)cc2)cs1)c1ccc(Br)cc1. The normalized spacial score (nSPS) is 15.3. The van der Waals surface area contributed by atoms with E-state index in [1.807, 2.05) is 17.5 Å². The summed E-state index contributed by atoms with van der Waals surface area (Å²) in [4.78, 5) is 17.2. The molecule has 1 aliphatic rings. The molecular formula is C23H24BrN3O3S2. The fourth-order valence-electron chi connectivity index (χ4n) is 3.61. The third kappa shape index (κ3) is 5.46. The smallest absolute Gasteiger partial charge is 0.243 e. The Kier molecular flexibility index (Phi) is 7.40. The van der Waals surface area contributed by atoms with Gasteiger partial charge in [0, 0.05) is 34.1 Å². The Labute approximate surface area is 200 Å². The summed E-state index contributed by atoms with van der Waals surface area (Å²) in [5.74, 6) is -0.0164. The zero-order valence-electron chi connectivity index (χ0n) is 17.5. The van der Waals surface area contributed by atoms with Crippen molar-refractivity contribution in [2.24, 2.45) is 0 Å². The molecule has 3 aromatic rings. The number of hydrogen-bond donors (Lipinski definition) is 1. The molecule has 168 valence electrons. The minimum Gasteiger partial charge on any atom is -0.354 e. The number of carbonyl (C=O) groups is 1. The summed E-state index contributed by atoms with van der Waals surface area (Å²) in [6.45, 7) is 1.33. The molecular weight excluding hydrogens is 510 g/mol. The Hall–Kier alpha value is -2.07. The summed E-state index contributed by atoms with van der Waals surface area (Å²) in [7, 11) is -3.46. The fourth-order valence-corrected chi connectivity index (χ4v) is 6.11. The van der Waals surface area contributed by atoms with Crippen molar-refractivity contribution >= 4 is 48.2 Å². The molecule has 0 saturated carbocycles. The molecule has 0 atom stereocenters. The highest BCUT2D eigenvalue weighted by Gasteiger charge is 2.25. The highest BCUT2D eigenvalue weighted by Crippen LogP contribution is 2.27. The van der Waals surface area contributed by atoms with Crippen molar-refractivity contribution in [1.29, 1.82) is 0 Å². The van der Waals surface area contributed by atoms with Crippen LogP contribution in [0.15, 0.2) is 63.3 Å². The van der Waals surface area contributed by atoms with Crippen molar-refractivity contribution in [3.8, 4) is 11.3 Å². The molecule has 9 heteroatoms. The molecule has 6 nitrogen and oxygen atoms in total. The third-order valence-electron chi connectivity index (χ3n) is 5.42. The molecule has 0 unspecified atom stereocenters. The van der Waals surface area contributed by atoms with Crippen molar-refractivity contribution < 1.29 is 13.2 Å². The van der Waals surface area contributed by atoms with E-state index in [2.05, 4.69) is 26.2 Å². The van der Waals surface area contributed by atoms with Crippen LogP contribution in [0.3, 0.4) is 0 Å². The molecule has 0 bridgehead atoms. The van der Waals surface area contributed by atoms with Gasteiger partial charge in [0.1, 0.15) is 0 Å². The number of nitrogens with one attached hydrogen (secondary N) is 1. The van der Waals surface area contributed by atoms with Gasteiger partial charge in [-0.3, -0.25) is 4.79 Å². The number of nitrogens with zero attached hydrogens (tertiary/aromatic N) is 2. The molecule has 1 saturated heterocycles. The summed E-state index contributed by atoms with van der Waals surface area (Å²) >= 11 is 4.77. The first-order valence-electron chi connectivity index (χ1n) is 10.5. The van der Waals surface area contributed by atoms with E-state index >= 15 is 0 Å². The zero-order chi connectivity index (χ0) is 22.6. The number of hydrogen-bond acceptors (Lipinski definition) is 6. The zero-order valence-corrected chi connectivity index (χ0v) is 20.7. The summed E-state index contributed by atoms with van der Waals surface area (Å²) in [5, 5.41) is 5.61. The van der Waals surface area contributed by atoms with Gasteiger partial charge in [-0.05, 0) is 37.1 Å². The van der Waals surface area contributed by atoms with Gasteiger partial charge in [-0.15, -0.1) is 11.3 Å². The van der Waals surface area contributed by atoms with E-state index < -0.39 is 10.0 Å². The van der Waals surface area contributed by atoms with E-state index in [-0.39, 0.29) is 12.3 Å². The summed E-state index contributed by atoms with van der Waals surface area (Å²) in [6, 6.07) is 14.1. The molecule has 0 aliphatic carbocycles. The van der Waals surface area contributed by atoms with E-state index in [0.29, 0.717) is 28.7 Å². The van der Waals surface area contributed by atoms with E-state index in [0.717, 1.165) is 41.4 Å². The maximum atomic E-state index is 12.9. The van der Waals surface area contributed by atoms with Gasteiger partial charge in [-0.2, -0.15) is 4.31 Å². The van der Waals surface area contributed by atoms with Crippen LogP contribution in [-0.4, -0.2) is 43.1 Å². The average Bonchev–Trinajstić information content (AvgIpc) is 3.10. The lowest BCUT2D eigenvalue weighted by Gasteiger charge is -2.19. The highest BCUT2D eigenvalue weighted by molar-refractivity contribution is 9.10. The fraction of sp³-hybridized carbons (Fsp3) is 0.304. The van der Waals surface area contributed by atoms with E-state index in [1.54, 1.807) is 40.7 Å². The molecule has 2 aromatic carbocycles. The molecule has 2 heterocycles. The second-order valence-electron chi connectivity index (χ2n) is 7.66. The Morgan fingerprint density at radius 3 is 2.31 bits per heavy atom. The molecule has 4 rings (SSSR count). The number of Topliss-reactive ketones (excluding diaryl/α,β-unsaturated/α-hetero) is 1. The molecule has 0 spiro atoms. The number of thiazole rings is 1. The maximum absolute atomic E-state index is 12.9. The van der Waals surface area contributed by atoms with Gasteiger partial charge in [-0.25, -0.2) is 13.4 Å². The Bertz CT molecular complexity index is 1170. The van der Waals surface area contributed by atoms with Crippen LogP contribution >= 0.6 is 27.3 Å². The van der Waals surface area contributed by atoms with Gasteiger partial charge in [0.25, 0.3) is 0 Å². The van der Waals surface area contributed by atoms with Crippen molar-refractivity contribution in [3.05, 3.63) is 63.9 Å². The number of sulfonamides is 1. The van der Waals surface area contributed by atoms with E-state index in [9.17, 15) is 13.2 Å². The Balaban J connectivity index is 1.40. The number of ketones is 1. The van der Waals surface area contributed by atoms with Gasteiger partial charge >= 0.3 is 0 Å². The third-order valence-corrected chi connectivity index (χ3v) is 8.66. The standard InChI is InChI=1S/C23H24BrN3O3S2/c24-19-9-5-18(6-10-19)22(28)15-25-23-26-21(16-31-23)17-7-11-20(12-8-17)32(29,30)27-13-3-1-2-4-14-27/h5-12,16H,1-4,13-15H2,(H,25,26). The quantitative estimate of drug-likeness (QED) is 0.409. The van der Waals surface area contributed by atoms with Crippen molar-refractivity contribution in [1.82, 2.24) is 9.29 Å². The molecule has 0 radical (unpaired) electrons. The first-order valence-corrected chi connectivity index (χ1v) is 13.6. The van der Waals surface area contributed by atoms with E-state index in [4.69, 9.17) is 0 Å². The number of rotatable bonds is 7. The lowest BCUT2D eigenvalue weighted by atomic mass is 10.1. The topological polar surface area (TPSA) is 79.4 Å². The van der Waals surface area contributed by atoms with Crippen LogP contribution in [-0.2, 0) is 10.0 Å². The molecule has 1 fully saturated rings. The largest absolute Gasteiger partial charge is 0.354 e. The highest BCUT2D eigenvalue weighted by atomic mass is 79.9. The minimum absolute atomic E-state index is 0.0164. The molecule has 1 aliphatic heterocycles. The van der Waals surface area contributed by atoms with Crippen LogP contribution < -0.4 is 5.32 Å². The van der Waals surface area contributed by atoms with Crippen LogP contribution in [0.1, 0.15) is 36.0 Å². The van der Waals surface area contributed by atoms with Gasteiger partial charge in [0.15, 0.2) is 10.9 Å². The summed E-state index contributed by atoms with van der Waals surface area (Å²) < 4.78 is 28.4. The van der Waals surface area contributed by atoms with Crippen LogP contribution in [0.25, 0.3) is 11.3 Å². The Morgan fingerprint density at radius 2 is 1.66 bits per heavy atom. The van der Waals surface area contributed by atoms with Gasteiger partial charge in [0.05, 0.1) is 17.1 Å². The van der Waals surface area contributed by atoms with Crippen molar-refractivity contribution in [2.45, 2.75) is 30.6 Å². The number of benzene rings is 2.